The number of fused-ring (bicyclic) bond motifs is 12. The second-order valence-corrected chi connectivity index (χ2v) is 27.5. The molecule has 0 N–H and O–H groups in total. The van der Waals surface area contributed by atoms with Crippen LogP contribution in [0.5, 0.6) is 0 Å². The van der Waals surface area contributed by atoms with E-state index in [4.69, 9.17) is 8.22 Å². The summed E-state index contributed by atoms with van der Waals surface area (Å²) in [5, 5.41) is 8.36. The molecule has 0 aliphatic heterocycles. The van der Waals surface area contributed by atoms with Crippen molar-refractivity contribution in [1.82, 2.24) is 8.80 Å². The van der Waals surface area contributed by atoms with Crippen LogP contribution in [0.25, 0.3) is 98.4 Å². The molecule has 15 rings (SSSR count). The summed E-state index contributed by atoms with van der Waals surface area (Å²) in [5.41, 5.74) is 15.4. The Morgan fingerprint density at radius 3 is 1.06 bits per heavy atom. The van der Waals surface area contributed by atoms with Crippen LogP contribution in [-0.4, -0.2) is 8.80 Å². The fourth-order valence-corrected chi connectivity index (χ4v) is 13.8. The molecule has 15 aromatic rings. The number of anilines is 6. The fraction of sp³-hybridized carbons (Fsp3) is 0.195. The number of rotatable bonds is 8. The Labute approximate surface area is 519 Å². The summed E-state index contributed by atoms with van der Waals surface area (Å²) in [6.45, 7) is 26.6. The Morgan fingerprint density at radius 1 is 0.314 bits per heavy atom. The van der Waals surface area contributed by atoms with Crippen molar-refractivity contribution in [2.24, 2.45) is 0 Å². The molecule has 4 heteroatoms. The van der Waals surface area contributed by atoms with Crippen LogP contribution in [0.3, 0.4) is 0 Å². The van der Waals surface area contributed by atoms with E-state index in [1.165, 1.54) is 11.1 Å². The Morgan fingerprint density at radius 2 is 0.698 bits per heavy atom. The average molecular weight is 1130 g/mol. The number of nitrogens with zero attached hydrogens (tertiary/aromatic N) is 4. The van der Waals surface area contributed by atoms with Gasteiger partial charge in [0.15, 0.2) is 0 Å². The van der Waals surface area contributed by atoms with Crippen LogP contribution in [0, 0.1) is 0 Å². The molecule has 86 heavy (non-hydrogen) atoms. The third kappa shape index (κ3) is 8.16. The highest BCUT2D eigenvalue weighted by Crippen LogP contribution is 2.55. The first kappa shape index (κ1) is 43.3. The largest absolute Gasteiger partial charge is 0.309 e. The maximum atomic E-state index is 9.41. The minimum Gasteiger partial charge on any atom is -0.309 e. The summed E-state index contributed by atoms with van der Waals surface area (Å²) in [6, 6.07) is 56.0. The van der Waals surface area contributed by atoms with E-state index in [0.717, 1.165) is 110 Å². The SMILES string of the molecule is [2H]c1c([2H])c([2H])c(-c2ccc(C(C)(C)C)cc2N(c2ccccc2)c2ccc3c4cc5c(cc4n4c6c(C(C)(C)C)cccc6c2c34)c2ccc(N(c3ccccc3)c3cc(C(C)(C)C)ccc3-c3c([2H])c([2H])c([2H])c([2H])c3[2H])c3c4cccc(C(C)(C)C)c4n5c23)c([2H])c1[2H]. The highest BCUT2D eigenvalue weighted by molar-refractivity contribution is 6.33. The molecule has 0 unspecified atom stereocenters. The van der Waals surface area contributed by atoms with Crippen molar-refractivity contribution < 1.29 is 13.7 Å². The molecule has 0 radical (unpaired) electrons. The molecule has 0 atom stereocenters. The van der Waals surface area contributed by atoms with E-state index in [9.17, 15) is 5.48 Å². The zero-order valence-electron chi connectivity index (χ0n) is 61.0. The van der Waals surface area contributed by atoms with Crippen molar-refractivity contribution in [3.63, 3.8) is 0 Å². The molecule has 11 aromatic carbocycles. The molecular weight excluding hydrogens is 1040 g/mol. The van der Waals surface area contributed by atoms with Crippen LogP contribution in [0.15, 0.2) is 230 Å². The topological polar surface area (TPSA) is 15.3 Å². The predicted molar refractivity (Wildman–Crippen MR) is 371 cm³/mol. The number of aromatic nitrogens is 2. The molecule has 4 heterocycles. The van der Waals surface area contributed by atoms with Gasteiger partial charge in [0.25, 0.3) is 0 Å². The van der Waals surface area contributed by atoms with Crippen LogP contribution < -0.4 is 9.80 Å². The van der Waals surface area contributed by atoms with E-state index in [1.54, 1.807) is 0 Å². The first-order valence-electron chi connectivity index (χ1n) is 34.9. The monoisotopic (exact) mass is 1120 g/mol. The van der Waals surface area contributed by atoms with E-state index in [0.29, 0.717) is 22.5 Å². The lowest BCUT2D eigenvalue weighted by molar-refractivity contribution is 0.590. The summed E-state index contributed by atoms with van der Waals surface area (Å²) >= 11 is 0. The summed E-state index contributed by atoms with van der Waals surface area (Å²) in [6.07, 6.45) is 0. The van der Waals surface area contributed by atoms with Crippen molar-refractivity contribution in [3.8, 4) is 22.3 Å². The maximum Gasteiger partial charge on any atom is 0.0641 e. The van der Waals surface area contributed by atoms with Gasteiger partial charge in [-0.05, 0) is 116 Å². The predicted octanol–water partition coefficient (Wildman–Crippen LogP) is 23.5. The zero-order valence-corrected chi connectivity index (χ0v) is 51.0. The molecule has 0 bridgehead atoms. The fourth-order valence-electron chi connectivity index (χ4n) is 13.8. The van der Waals surface area contributed by atoms with Crippen LogP contribution in [-0.2, 0) is 21.7 Å². The summed E-state index contributed by atoms with van der Waals surface area (Å²) in [5.74, 6) is 0. The normalized spacial score (nSPS) is 14.5. The molecule has 4 nitrogen and oxygen atoms in total. The van der Waals surface area contributed by atoms with E-state index < -0.39 is 36.3 Å². The van der Waals surface area contributed by atoms with Gasteiger partial charge >= 0.3 is 0 Å². The molecule has 0 aliphatic rings. The van der Waals surface area contributed by atoms with Crippen LogP contribution >= 0.6 is 0 Å². The zero-order chi connectivity index (χ0) is 68.0. The van der Waals surface area contributed by atoms with E-state index in [2.05, 4.69) is 211 Å². The summed E-state index contributed by atoms with van der Waals surface area (Å²) < 4.78 is 95.5. The Balaban J connectivity index is 1.08. The van der Waals surface area contributed by atoms with E-state index in [-0.39, 0.29) is 57.0 Å². The van der Waals surface area contributed by atoms with Gasteiger partial charge in [0.1, 0.15) is 0 Å². The molecule has 0 fully saturated rings. The first-order chi connectivity index (χ1) is 45.4. The van der Waals surface area contributed by atoms with Crippen molar-refractivity contribution in [3.05, 3.63) is 253 Å². The van der Waals surface area contributed by atoms with Gasteiger partial charge in [-0.2, -0.15) is 0 Å². The number of hydrogen-bond acceptors (Lipinski definition) is 2. The summed E-state index contributed by atoms with van der Waals surface area (Å²) in [4.78, 5) is 4.47. The maximum absolute atomic E-state index is 9.41. The molecular formula is C82H74N4. The minimum atomic E-state index is -0.443. The summed E-state index contributed by atoms with van der Waals surface area (Å²) in [7, 11) is 0. The molecule has 422 valence electrons. The van der Waals surface area contributed by atoms with Crippen LogP contribution in [0.1, 0.15) is 119 Å². The highest BCUT2D eigenvalue weighted by atomic mass is 15.2. The van der Waals surface area contributed by atoms with Crippen molar-refractivity contribution in [1.29, 1.82) is 0 Å². The van der Waals surface area contributed by atoms with Gasteiger partial charge in [0.2, 0.25) is 0 Å². The van der Waals surface area contributed by atoms with Gasteiger partial charge in [-0.3, -0.25) is 0 Å². The lowest BCUT2D eigenvalue weighted by Crippen LogP contribution is -2.15. The van der Waals surface area contributed by atoms with Crippen molar-refractivity contribution in [2.45, 2.75) is 105 Å². The Hall–Kier alpha value is -9.38. The Kier molecular flexibility index (Phi) is 9.59. The molecule has 0 amide bonds. The van der Waals surface area contributed by atoms with Crippen LogP contribution in [0.4, 0.5) is 34.1 Å². The first-order valence-corrected chi connectivity index (χ1v) is 29.9. The van der Waals surface area contributed by atoms with E-state index in [1.807, 2.05) is 60.7 Å². The minimum absolute atomic E-state index is 0.128. The number of para-hydroxylation sites is 4. The van der Waals surface area contributed by atoms with Gasteiger partial charge in [0, 0.05) is 65.6 Å². The van der Waals surface area contributed by atoms with Gasteiger partial charge in [-0.25, -0.2) is 0 Å². The second-order valence-electron chi connectivity index (χ2n) is 27.5. The highest BCUT2D eigenvalue weighted by Gasteiger charge is 2.33. The van der Waals surface area contributed by atoms with Gasteiger partial charge < -0.3 is 18.6 Å². The van der Waals surface area contributed by atoms with Crippen molar-refractivity contribution in [2.75, 3.05) is 9.80 Å². The molecule has 0 saturated heterocycles. The number of hydrogen-bond donors (Lipinski definition) is 0. The van der Waals surface area contributed by atoms with Crippen molar-refractivity contribution >= 4 is 110 Å². The second kappa shape index (κ2) is 19.1. The number of benzene rings is 11. The standard InChI is InChI=1S/C82H74N4/c1-79(2,3)53-39-41-57(51-27-17-13-18-28-51)69(47-53)83(55-31-21-15-22-32-55)67-45-43-59-63-49-72-64(50-71(63)85-75-61(73(67)77(59)85)35-25-37-65(75)81(7,8)9)60-44-46-68(74-62-36-26-38-66(82(10,11)12)76(62)86(72)78(60)74)84(56-33-23-16-24-34-56)70-48-54(80(4,5)6)40-42-58(70)52-29-19-14-20-30-52/h13-50H,1-12H3/i13D,14D,17D,18D,19D,20D,27D,28D,29D,30D. The molecule has 4 aromatic heterocycles. The van der Waals surface area contributed by atoms with Crippen LogP contribution in [0.2, 0.25) is 0 Å². The lowest BCUT2D eigenvalue weighted by Gasteiger charge is -2.31. The quantitative estimate of drug-likeness (QED) is 0.151. The smallest absolute Gasteiger partial charge is 0.0641 e. The molecule has 0 aliphatic carbocycles. The van der Waals surface area contributed by atoms with E-state index >= 15 is 0 Å². The van der Waals surface area contributed by atoms with Gasteiger partial charge in [-0.15, -0.1) is 0 Å². The lowest BCUT2D eigenvalue weighted by atomic mass is 9.85. The third-order valence-electron chi connectivity index (χ3n) is 17.9. The van der Waals surface area contributed by atoms with Gasteiger partial charge in [0.05, 0.1) is 69.6 Å². The molecule has 0 saturated carbocycles. The third-order valence-corrected chi connectivity index (χ3v) is 17.9. The van der Waals surface area contributed by atoms with Gasteiger partial charge in [-0.1, -0.05) is 253 Å². The molecule has 0 spiro atoms. The average Bonchev–Trinajstić information content (AvgIpc) is 1.51. The Bertz CT molecular complexity index is 5350.